The van der Waals surface area contributed by atoms with E-state index in [2.05, 4.69) is 20.3 Å². The number of hydrogen-bond acceptors (Lipinski definition) is 7. The lowest BCUT2D eigenvalue weighted by atomic mass is 9.84. The second kappa shape index (κ2) is 11.0. The minimum atomic E-state index is -1.34. The van der Waals surface area contributed by atoms with Crippen molar-refractivity contribution in [1.29, 1.82) is 0 Å². The Morgan fingerprint density at radius 1 is 1.13 bits per heavy atom. The molecule has 0 radical (unpaired) electrons. The first-order chi connectivity index (χ1) is 18.5. The molecule has 0 saturated heterocycles. The number of hydrogen-bond donors (Lipinski definition) is 3. The van der Waals surface area contributed by atoms with E-state index in [0.717, 1.165) is 0 Å². The molecule has 10 nitrogen and oxygen atoms in total. The Hall–Kier alpha value is -4.86. The van der Waals surface area contributed by atoms with Gasteiger partial charge >= 0.3 is 5.97 Å². The fraction of sp³-hybridized carbons (Fsp3) is 0.214. The van der Waals surface area contributed by atoms with Gasteiger partial charge in [-0.05, 0) is 24.6 Å². The number of aromatic amines is 1. The van der Waals surface area contributed by atoms with Crippen LogP contribution in [0.2, 0.25) is 0 Å². The largest absolute Gasteiger partial charge is 0.481 e. The third-order valence-corrected chi connectivity index (χ3v) is 6.28. The van der Waals surface area contributed by atoms with E-state index in [1.807, 2.05) is 30.3 Å². The number of imidazole rings is 1. The Morgan fingerprint density at radius 2 is 1.97 bits per heavy atom. The van der Waals surface area contributed by atoms with Crippen LogP contribution >= 0.6 is 0 Å². The van der Waals surface area contributed by atoms with Crippen LogP contribution in [0.15, 0.2) is 85.5 Å². The van der Waals surface area contributed by atoms with Crippen molar-refractivity contribution in [3.8, 4) is 11.5 Å². The van der Waals surface area contributed by atoms with E-state index in [4.69, 9.17) is 9.47 Å². The lowest BCUT2D eigenvalue weighted by molar-refractivity contribution is -0.140. The Balaban J connectivity index is 1.42. The van der Waals surface area contributed by atoms with Crippen LogP contribution in [0.5, 0.6) is 11.5 Å². The summed E-state index contributed by atoms with van der Waals surface area (Å²) in [6.45, 7) is 1.03. The van der Waals surface area contributed by atoms with Crippen LogP contribution in [0.3, 0.4) is 0 Å². The maximum atomic E-state index is 12.6. The van der Waals surface area contributed by atoms with Crippen molar-refractivity contribution in [3.05, 3.63) is 96.6 Å². The molecule has 3 heterocycles. The quantitative estimate of drug-likeness (QED) is 0.258. The van der Waals surface area contributed by atoms with Crippen molar-refractivity contribution in [2.45, 2.75) is 18.4 Å². The molecule has 0 fully saturated rings. The van der Waals surface area contributed by atoms with Crippen molar-refractivity contribution in [2.24, 2.45) is 0 Å². The Morgan fingerprint density at radius 3 is 2.71 bits per heavy atom. The number of carboxylic acid groups (broad SMARTS) is 1. The van der Waals surface area contributed by atoms with Gasteiger partial charge in [-0.3, -0.25) is 14.6 Å². The predicted octanol–water partition coefficient (Wildman–Crippen LogP) is 3.83. The minimum Gasteiger partial charge on any atom is -0.481 e. The van der Waals surface area contributed by atoms with E-state index in [1.165, 1.54) is 0 Å². The third kappa shape index (κ3) is 5.29. The van der Waals surface area contributed by atoms with E-state index in [0.29, 0.717) is 53.8 Å². The SMILES string of the molecule is O=C(O)CC(Oc1ccc2c(c1)OCC(=O)N2CCCNc1ncc[nH]1)(c1ccccc1)c1cccnc1. The first kappa shape index (κ1) is 24.8. The molecular formula is C28H27N5O5. The van der Waals surface area contributed by atoms with Crippen LogP contribution in [0.1, 0.15) is 24.0 Å². The highest BCUT2D eigenvalue weighted by Crippen LogP contribution is 2.41. The summed E-state index contributed by atoms with van der Waals surface area (Å²) >= 11 is 0. The molecule has 5 rings (SSSR count). The van der Waals surface area contributed by atoms with E-state index < -0.39 is 11.6 Å². The summed E-state index contributed by atoms with van der Waals surface area (Å²) in [5, 5.41) is 13.1. The molecule has 3 N–H and O–H groups in total. The molecule has 0 aliphatic carbocycles. The number of carbonyl (C=O) groups excluding carboxylic acids is 1. The van der Waals surface area contributed by atoms with Crippen molar-refractivity contribution in [1.82, 2.24) is 15.0 Å². The first-order valence-corrected chi connectivity index (χ1v) is 12.2. The van der Waals surface area contributed by atoms with Crippen LogP contribution in [-0.2, 0) is 15.2 Å². The third-order valence-electron chi connectivity index (χ3n) is 6.28. The zero-order valence-electron chi connectivity index (χ0n) is 20.5. The highest BCUT2D eigenvalue weighted by atomic mass is 16.5. The molecule has 1 unspecified atom stereocenters. The van der Waals surface area contributed by atoms with Gasteiger partial charge in [0.25, 0.3) is 5.91 Å². The molecular weight excluding hydrogens is 486 g/mol. The highest BCUT2D eigenvalue weighted by molar-refractivity contribution is 5.98. The zero-order valence-corrected chi connectivity index (χ0v) is 20.5. The first-order valence-electron chi connectivity index (χ1n) is 12.2. The van der Waals surface area contributed by atoms with Crippen molar-refractivity contribution in [2.75, 3.05) is 29.9 Å². The number of pyridine rings is 1. The van der Waals surface area contributed by atoms with Gasteiger partial charge in [0.1, 0.15) is 11.5 Å². The lowest BCUT2D eigenvalue weighted by Gasteiger charge is -2.35. The van der Waals surface area contributed by atoms with Crippen LogP contribution in [0, 0.1) is 0 Å². The molecule has 38 heavy (non-hydrogen) atoms. The Kier molecular flexibility index (Phi) is 7.21. The molecule has 1 aliphatic heterocycles. The molecule has 10 heteroatoms. The molecule has 0 spiro atoms. The van der Waals surface area contributed by atoms with E-state index >= 15 is 0 Å². The van der Waals surface area contributed by atoms with E-state index in [1.54, 1.807) is 60.0 Å². The number of anilines is 2. The Bertz CT molecular complexity index is 1340. The fourth-order valence-corrected chi connectivity index (χ4v) is 4.55. The van der Waals surface area contributed by atoms with Gasteiger partial charge in [-0.1, -0.05) is 36.4 Å². The number of carboxylic acids is 1. The number of fused-ring (bicyclic) bond motifs is 1. The number of aliphatic carboxylic acids is 1. The van der Waals surface area contributed by atoms with Crippen molar-refractivity contribution < 1.29 is 24.2 Å². The highest BCUT2D eigenvalue weighted by Gasteiger charge is 2.40. The van der Waals surface area contributed by atoms with Crippen molar-refractivity contribution >= 4 is 23.5 Å². The van der Waals surface area contributed by atoms with Gasteiger partial charge in [0.15, 0.2) is 18.2 Å². The zero-order chi connectivity index (χ0) is 26.4. The smallest absolute Gasteiger partial charge is 0.308 e. The predicted molar refractivity (Wildman–Crippen MR) is 140 cm³/mol. The fourth-order valence-electron chi connectivity index (χ4n) is 4.55. The summed E-state index contributed by atoms with van der Waals surface area (Å²) in [6.07, 6.45) is 7.02. The van der Waals surface area contributed by atoms with Crippen LogP contribution in [-0.4, -0.2) is 51.6 Å². The summed E-state index contributed by atoms with van der Waals surface area (Å²) in [4.78, 5) is 37.7. The number of H-pyrrole nitrogens is 1. The number of nitrogens with zero attached hydrogens (tertiary/aromatic N) is 3. The standard InChI is InChI=1S/C28H27N5O5/c34-25-19-37-24-16-22(9-10-23(24)33(25)15-5-12-30-27-31-13-14-32-27)38-28(17-26(35)36,20-6-2-1-3-7-20)21-8-4-11-29-18-21/h1-4,6-11,13-14,16,18H,5,12,15,17,19H2,(H,35,36)(H2,30,31,32). The summed E-state index contributed by atoms with van der Waals surface area (Å²) in [6, 6.07) is 18.0. The summed E-state index contributed by atoms with van der Waals surface area (Å²) in [5.41, 5.74) is 0.580. The maximum absolute atomic E-state index is 12.6. The average molecular weight is 514 g/mol. The molecule has 1 aliphatic rings. The molecule has 2 aromatic carbocycles. The maximum Gasteiger partial charge on any atom is 0.308 e. The van der Waals surface area contributed by atoms with Gasteiger partial charge in [-0.2, -0.15) is 0 Å². The van der Waals surface area contributed by atoms with Gasteiger partial charge in [-0.15, -0.1) is 0 Å². The van der Waals surface area contributed by atoms with Crippen LogP contribution < -0.4 is 19.7 Å². The van der Waals surface area contributed by atoms with Gasteiger partial charge in [-0.25, -0.2) is 4.98 Å². The normalized spacial score (nSPS) is 14.2. The molecule has 1 atom stereocenters. The molecule has 2 aromatic heterocycles. The number of nitrogens with one attached hydrogen (secondary N) is 2. The number of aromatic nitrogens is 3. The second-order valence-electron chi connectivity index (χ2n) is 8.79. The molecule has 1 amide bonds. The number of ether oxygens (including phenoxy) is 2. The van der Waals surface area contributed by atoms with E-state index in [9.17, 15) is 14.7 Å². The van der Waals surface area contributed by atoms with Gasteiger partial charge in [0.2, 0.25) is 0 Å². The Labute approximate surface area is 219 Å². The van der Waals surface area contributed by atoms with Crippen LogP contribution in [0.4, 0.5) is 11.6 Å². The second-order valence-corrected chi connectivity index (χ2v) is 8.79. The minimum absolute atomic E-state index is 0.0936. The summed E-state index contributed by atoms with van der Waals surface area (Å²) in [7, 11) is 0. The van der Waals surface area contributed by atoms with Gasteiger partial charge in [0.05, 0.1) is 12.1 Å². The number of amides is 1. The average Bonchev–Trinajstić information content (AvgIpc) is 3.46. The van der Waals surface area contributed by atoms with Gasteiger partial charge in [0, 0.05) is 55.1 Å². The van der Waals surface area contributed by atoms with Gasteiger partial charge < -0.3 is 29.8 Å². The monoisotopic (exact) mass is 513 g/mol. The molecule has 0 bridgehead atoms. The number of carbonyl (C=O) groups is 2. The number of benzene rings is 2. The molecule has 0 saturated carbocycles. The lowest BCUT2D eigenvalue weighted by Crippen LogP contribution is -2.40. The van der Waals surface area contributed by atoms with Crippen molar-refractivity contribution in [3.63, 3.8) is 0 Å². The van der Waals surface area contributed by atoms with E-state index in [-0.39, 0.29) is 18.9 Å². The summed E-state index contributed by atoms with van der Waals surface area (Å²) < 4.78 is 12.3. The topological polar surface area (TPSA) is 130 Å². The van der Waals surface area contributed by atoms with Crippen LogP contribution in [0.25, 0.3) is 0 Å². The summed E-state index contributed by atoms with van der Waals surface area (Å²) in [5.74, 6) is 0.421. The molecule has 194 valence electrons. The molecule has 4 aromatic rings. The number of rotatable bonds is 11.